The lowest BCUT2D eigenvalue weighted by Crippen LogP contribution is -2.39. The van der Waals surface area contributed by atoms with Crippen LogP contribution in [0.2, 0.25) is 0 Å². The molecular weight excluding hydrogens is 464 g/mol. The number of hydrogen-bond donors (Lipinski definition) is 1. The Morgan fingerprint density at radius 1 is 1.00 bits per heavy atom. The maximum absolute atomic E-state index is 12.5. The highest BCUT2D eigenvalue weighted by Crippen LogP contribution is 2.37. The fourth-order valence-corrected chi connectivity index (χ4v) is 4.73. The number of carbonyl (C=O) groups excluding carboxylic acids is 2. The number of ether oxygens (including phenoxy) is 1. The predicted octanol–water partition coefficient (Wildman–Crippen LogP) is 5.59. The molecule has 0 spiro atoms. The molecule has 0 aliphatic carbocycles. The first-order chi connectivity index (χ1) is 18.0. The molecule has 1 aromatic heterocycles. The summed E-state index contributed by atoms with van der Waals surface area (Å²) in [5, 5.41) is 2.87. The van der Waals surface area contributed by atoms with Gasteiger partial charge in [-0.1, -0.05) is 66.2 Å². The number of nitrogens with zero attached hydrogens (tertiary/aromatic N) is 1. The van der Waals surface area contributed by atoms with Crippen molar-refractivity contribution in [3.05, 3.63) is 124 Å². The summed E-state index contributed by atoms with van der Waals surface area (Å²) in [5.41, 5.74) is 5.56. The fourth-order valence-electron chi connectivity index (χ4n) is 4.73. The lowest BCUT2D eigenvalue weighted by Gasteiger charge is -2.37. The number of furan rings is 1. The number of amides is 2. The van der Waals surface area contributed by atoms with Crippen molar-refractivity contribution in [3.63, 3.8) is 0 Å². The van der Waals surface area contributed by atoms with Crippen LogP contribution in [-0.2, 0) is 24.4 Å². The van der Waals surface area contributed by atoms with E-state index in [2.05, 4.69) is 42.6 Å². The van der Waals surface area contributed by atoms with Crippen LogP contribution in [0.4, 0.5) is 0 Å². The first-order valence-corrected chi connectivity index (χ1v) is 12.5. The Morgan fingerprint density at radius 3 is 2.54 bits per heavy atom. The van der Waals surface area contributed by atoms with Gasteiger partial charge in [-0.3, -0.25) is 9.59 Å². The van der Waals surface area contributed by atoms with Crippen LogP contribution in [0.1, 0.15) is 57.1 Å². The Balaban J connectivity index is 1.29. The van der Waals surface area contributed by atoms with Crippen molar-refractivity contribution in [1.82, 2.24) is 10.2 Å². The molecule has 188 valence electrons. The number of rotatable bonds is 7. The van der Waals surface area contributed by atoms with E-state index in [1.165, 1.54) is 11.1 Å². The van der Waals surface area contributed by atoms with E-state index in [1.54, 1.807) is 19.1 Å². The second-order valence-electron chi connectivity index (χ2n) is 9.36. The largest absolute Gasteiger partial charge is 0.486 e. The zero-order valence-corrected chi connectivity index (χ0v) is 21.1. The minimum Gasteiger partial charge on any atom is -0.486 e. The third kappa shape index (κ3) is 5.59. The standard InChI is InChI=1S/C31H30N2O4/c1-21-8-10-25(11-9-21)30-28-18-26(13-12-24(28)16-17-33(30)22(2)34)36-20-27-14-15-29(37-27)31(35)32-19-23-6-4-3-5-7-23/h3-15,18,30H,16-17,19-20H2,1-2H3,(H,32,35)/t30-/m1/s1. The molecular formula is C31H30N2O4. The van der Waals surface area contributed by atoms with Crippen LogP contribution in [0, 0.1) is 6.92 Å². The van der Waals surface area contributed by atoms with Crippen LogP contribution in [0.15, 0.2) is 89.3 Å². The first kappa shape index (κ1) is 24.4. The van der Waals surface area contributed by atoms with Gasteiger partial charge in [0.15, 0.2) is 5.76 Å². The van der Waals surface area contributed by atoms with Gasteiger partial charge in [-0.25, -0.2) is 0 Å². The monoisotopic (exact) mass is 494 g/mol. The molecule has 2 heterocycles. The molecule has 2 amide bonds. The molecule has 5 rings (SSSR count). The molecule has 6 nitrogen and oxygen atoms in total. The van der Waals surface area contributed by atoms with Crippen LogP contribution in [0.25, 0.3) is 0 Å². The van der Waals surface area contributed by atoms with E-state index in [-0.39, 0.29) is 30.2 Å². The van der Waals surface area contributed by atoms with Gasteiger partial charge in [0, 0.05) is 20.0 Å². The zero-order valence-electron chi connectivity index (χ0n) is 21.1. The normalized spacial score (nSPS) is 14.6. The Labute approximate surface area is 216 Å². The summed E-state index contributed by atoms with van der Waals surface area (Å²) in [6.07, 6.45) is 0.803. The van der Waals surface area contributed by atoms with Gasteiger partial charge >= 0.3 is 0 Å². The lowest BCUT2D eigenvalue weighted by atomic mass is 9.87. The third-order valence-electron chi connectivity index (χ3n) is 6.71. The van der Waals surface area contributed by atoms with Gasteiger partial charge in [0.25, 0.3) is 5.91 Å². The van der Waals surface area contributed by atoms with Crippen LogP contribution in [0.3, 0.4) is 0 Å². The summed E-state index contributed by atoms with van der Waals surface area (Å²) in [6.45, 7) is 4.98. The number of aryl methyl sites for hydroxylation is 1. The van der Waals surface area contributed by atoms with Gasteiger partial charge in [-0.05, 0) is 59.9 Å². The van der Waals surface area contributed by atoms with Crippen molar-refractivity contribution in [2.75, 3.05) is 6.54 Å². The minimum absolute atomic E-state index is 0.0520. The van der Waals surface area contributed by atoms with E-state index >= 15 is 0 Å². The minimum atomic E-state index is -0.269. The highest BCUT2D eigenvalue weighted by molar-refractivity contribution is 5.91. The van der Waals surface area contributed by atoms with E-state index in [0.29, 0.717) is 24.6 Å². The summed E-state index contributed by atoms with van der Waals surface area (Å²) in [7, 11) is 0. The average Bonchev–Trinajstić information content (AvgIpc) is 3.40. The summed E-state index contributed by atoms with van der Waals surface area (Å²) in [5.74, 6) is 1.28. The van der Waals surface area contributed by atoms with Crippen molar-refractivity contribution in [1.29, 1.82) is 0 Å². The summed E-state index contributed by atoms with van der Waals surface area (Å²) in [4.78, 5) is 26.9. The highest BCUT2D eigenvalue weighted by Gasteiger charge is 2.30. The third-order valence-corrected chi connectivity index (χ3v) is 6.71. The Hall–Kier alpha value is -4.32. The average molecular weight is 495 g/mol. The van der Waals surface area contributed by atoms with Crippen molar-refractivity contribution < 1.29 is 18.7 Å². The summed E-state index contributed by atoms with van der Waals surface area (Å²) >= 11 is 0. The van der Waals surface area contributed by atoms with Crippen molar-refractivity contribution in [2.45, 2.75) is 39.5 Å². The van der Waals surface area contributed by atoms with Crippen molar-refractivity contribution in [3.8, 4) is 5.75 Å². The topological polar surface area (TPSA) is 71.8 Å². The Bertz CT molecular complexity index is 1390. The zero-order chi connectivity index (χ0) is 25.8. The highest BCUT2D eigenvalue weighted by atomic mass is 16.5. The van der Waals surface area contributed by atoms with E-state index in [9.17, 15) is 9.59 Å². The molecule has 37 heavy (non-hydrogen) atoms. The van der Waals surface area contributed by atoms with Gasteiger partial charge < -0.3 is 19.4 Å². The number of hydrogen-bond acceptors (Lipinski definition) is 4. The molecule has 0 fully saturated rings. The van der Waals surface area contributed by atoms with Crippen molar-refractivity contribution in [2.24, 2.45) is 0 Å². The second kappa shape index (κ2) is 10.7. The maximum atomic E-state index is 12.5. The second-order valence-corrected chi connectivity index (χ2v) is 9.36. The summed E-state index contributed by atoms with van der Waals surface area (Å²) in [6, 6.07) is 27.4. The molecule has 1 aliphatic heterocycles. The Kier molecular flexibility index (Phi) is 7.08. The number of benzene rings is 3. The van der Waals surface area contributed by atoms with Crippen LogP contribution in [-0.4, -0.2) is 23.3 Å². The van der Waals surface area contributed by atoms with Gasteiger partial charge in [0.2, 0.25) is 5.91 Å². The predicted molar refractivity (Wildman–Crippen MR) is 141 cm³/mol. The molecule has 4 aromatic rings. The fraction of sp³-hybridized carbons (Fsp3) is 0.226. The van der Waals surface area contributed by atoms with Crippen molar-refractivity contribution >= 4 is 11.8 Å². The summed E-state index contributed by atoms with van der Waals surface area (Å²) < 4.78 is 11.8. The molecule has 6 heteroatoms. The van der Waals surface area contributed by atoms with E-state index in [4.69, 9.17) is 9.15 Å². The van der Waals surface area contributed by atoms with E-state index < -0.39 is 0 Å². The van der Waals surface area contributed by atoms with Gasteiger partial charge in [-0.15, -0.1) is 0 Å². The molecule has 0 saturated carbocycles. The van der Waals surface area contributed by atoms with Crippen LogP contribution >= 0.6 is 0 Å². The number of nitrogens with one attached hydrogen (secondary N) is 1. The van der Waals surface area contributed by atoms with Gasteiger partial charge in [0.05, 0.1) is 6.04 Å². The quantitative estimate of drug-likeness (QED) is 0.364. The molecule has 0 saturated heterocycles. The van der Waals surface area contributed by atoms with Gasteiger partial charge in [0.1, 0.15) is 18.1 Å². The SMILES string of the molecule is CC(=O)N1CCc2ccc(OCc3ccc(C(=O)NCc4ccccc4)o3)cc2[C@H]1c1ccc(C)cc1. The molecule has 3 aromatic carbocycles. The Morgan fingerprint density at radius 2 is 1.78 bits per heavy atom. The van der Waals surface area contributed by atoms with E-state index in [1.807, 2.05) is 47.4 Å². The van der Waals surface area contributed by atoms with Crippen LogP contribution in [0.5, 0.6) is 5.75 Å². The maximum Gasteiger partial charge on any atom is 0.287 e. The molecule has 1 N–H and O–H groups in total. The molecule has 0 bridgehead atoms. The smallest absolute Gasteiger partial charge is 0.287 e. The lowest BCUT2D eigenvalue weighted by molar-refractivity contribution is -0.130. The molecule has 0 unspecified atom stereocenters. The van der Waals surface area contributed by atoms with Gasteiger partial charge in [-0.2, -0.15) is 0 Å². The van der Waals surface area contributed by atoms with Crippen LogP contribution < -0.4 is 10.1 Å². The number of carbonyl (C=O) groups is 2. The molecule has 1 atom stereocenters. The first-order valence-electron chi connectivity index (χ1n) is 12.5. The van der Waals surface area contributed by atoms with E-state index in [0.717, 1.165) is 23.1 Å². The number of fused-ring (bicyclic) bond motifs is 1. The molecule has 1 aliphatic rings. The molecule has 0 radical (unpaired) electrons.